The second kappa shape index (κ2) is 7.19. The molecule has 3 N–H and O–H groups in total. The van der Waals surface area contributed by atoms with Crippen molar-refractivity contribution in [3.05, 3.63) is 23.1 Å². The van der Waals surface area contributed by atoms with Gasteiger partial charge in [-0.1, -0.05) is 26.2 Å². The van der Waals surface area contributed by atoms with Crippen LogP contribution in [0.15, 0.2) is 23.1 Å². The lowest BCUT2D eigenvalue weighted by molar-refractivity contribution is -0.132. The monoisotopic (exact) mass is 269 g/mol. The predicted molar refractivity (Wildman–Crippen MR) is 72.8 cm³/mol. The molecular formula is C14H23NO4. The molecule has 0 radical (unpaired) electrons. The normalized spacial score (nSPS) is 19.6. The summed E-state index contributed by atoms with van der Waals surface area (Å²) in [5.74, 6) is -1.37. The van der Waals surface area contributed by atoms with Gasteiger partial charge in [-0.3, -0.25) is 0 Å². The van der Waals surface area contributed by atoms with Crippen molar-refractivity contribution in [3.63, 3.8) is 0 Å². The highest BCUT2D eigenvalue weighted by Crippen LogP contribution is 2.26. The molecule has 5 nitrogen and oxygen atoms in total. The van der Waals surface area contributed by atoms with E-state index in [1.165, 1.54) is 6.42 Å². The lowest BCUT2D eigenvalue weighted by atomic mass is 9.98. The standard InChI is InChI=1S/C14H23NO4/c1-3-4-5-6-7-15-8-11(9-16)12(14(18)19)13(17)10(15)2/h8,10,16-17H,3-7,9H2,1-2H3,(H,18,19). The minimum atomic E-state index is -1.20. The van der Waals surface area contributed by atoms with E-state index in [-0.39, 0.29) is 29.6 Å². The van der Waals surface area contributed by atoms with Crippen molar-refractivity contribution in [2.24, 2.45) is 0 Å². The van der Waals surface area contributed by atoms with Gasteiger partial charge in [0.25, 0.3) is 0 Å². The van der Waals surface area contributed by atoms with Crippen LogP contribution in [0.4, 0.5) is 0 Å². The summed E-state index contributed by atoms with van der Waals surface area (Å²) in [5.41, 5.74) is 0.0957. The number of rotatable bonds is 7. The number of nitrogens with zero attached hydrogens (tertiary/aromatic N) is 1. The van der Waals surface area contributed by atoms with Gasteiger partial charge in [-0.05, 0) is 13.3 Å². The predicted octanol–water partition coefficient (Wildman–Crippen LogP) is 2.04. The Labute approximate surface area is 113 Å². The number of carbonyl (C=O) groups is 1. The van der Waals surface area contributed by atoms with E-state index in [0.29, 0.717) is 0 Å². The molecule has 0 aromatic rings. The van der Waals surface area contributed by atoms with Gasteiger partial charge in [0.15, 0.2) is 0 Å². The topological polar surface area (TPSA) is 81.0 Å². The molecule has 5 heteroatoms. The van der Waals surface area contributed by atoms with Gasteiger partial charge in [-0.25, -0.2) is 4.79 Å². The van der Waals surface area contributed by atoms with Crippen molar-refractivity contribution in [3.8, 4) is 0 Å². The summed E-state index contributed by atoms with van der Waals surface area (Å²) < 4.78 is 0. The fraction of sp³-hybridized carbons (Fsp3) is 0.643. The van der Waals surface area contributed by atoms with Crippen LogP contribution in [0.5, 0.6) is 0 Å². The zero-order chi connectivity index (χ0) is 14.4. The Hall–Kier alpha value is -1.49. The van der Waals surface area contributed by atoms with E-state index >= 15 is 0 Å². The third kappa shape index (κ3) is 3.73. The van der Waals surface area contributed by atoms with E-state index < -0.39 is 5.97 Å². The molecule has 0 bridgehead atoms. The Morgan fingerprint density at radius 1 is 1.37 bits per heavy atom. The minimum Gasteiger partial charge on any atom is -0.509 e. The molecule has 0 saturated heterocycles. The molecule has 0 saturated carbocycles. The first kappa shape index (κ1) is 15.6. The number of carboxylic acids is 1. The average Bonchev–Trinajstić information content (AvgIpc) is 2.38. The summed E-state index contributed by atoms with van der Waals surface area (Å²) in [7, 11) is 0. The van der Waals surface area contributed by atoms with E-state index in [2.05, 4.69) is 6.92 Å². The Kier molecular flexibility index (Phi) is 5.89. The van der Waals surface area contributed by atoms with Gasteiger partial charge in [0.05, 0.1) is 12.6 Å². The van der Waals surface area contributed by atoms with Crippen LogP contribution in [0.1, 0.15) is 39.5 Å². The van der Waals surface area contributed by atoms with Crippen molar-refractivity contribution in [1.82, 2.24) is 4.90 Å². The summed E-state index contributed by atoms with van der Waals surface area (Å²) in [6, 6.07) is -0.358. The molecule has 0 fully saturated rings. The fourth-order valence-electron chi connectivity index (χ4n) is 2.25. The average molecular weight is 269 g/mol. The summed E-state index contributed by atoms with van der Waals surface area (Å²) in [6.45, 7) is 4.27. The highest BCUT2D eigenvalue weighted by atomic mass is 16.4. The molecule has 0 aromatic carbocycles. The first-order valence-corrected chi connectivity index (χ1v) is 6.77. The second-order valence-corrected chi connectivity index (χ2v) is 4.85. The summed E-state index contributed by atoms with van der Waals surface area (Å²) >= 11 is 0. The van der Waals surface area contributed by atoms with Crippen LogP contribution in [0.3, 0.4) is 0 Å². The molecule has 0 aliphatic carbocycles. The smallest absolute Gasteiger partial charge is 0.339 e. The van der Waals surface area contributed by atoms with Gasteiger partial charge in [0.1, 0.15) is 11.3 Å². The second-order valence-electron chi connectivity index (χ2n) is 4.85. The van der Waals surface area contributed by atoms with Crippen LogP contribution >= 0.6 is 0 Å². The van der Waals surface area contributed by atoms with Gasteiger partial charge < -0.3 is 20.2 Å². The van der Waals surface area contributed by atoms with Gasteiger partial charge in [0, 0.05) is 18.3 Å². The highest BCUT2D eigenvalue weighted by Gasteiger charge is 2.29. The van der Waals surface area contributed by atoms with Crippen LogP contribution in [-0.4, -0.2) is 45.4 Å². The molecule has 1 aliphatic rings. The number of carboxylic acid groups (broad SMARTS) is 1. The quantitative estimate of drug-likeness (QED) is 0.616. The van der Waals surface area contributed by atoms with Gasteiger partial charge >= 0.3 is 5.97 Å². The molecule has 19 heavy (non-hydrogen) atoms. The maximum Gasteiger partial charge on any atom is 0.339 e. The van der Waals surface area contributed by atoms with E-state index in [9.17, 15) is 15.0 Å². The molecule has 1 atom stereocenters. The van der Waals surface area contributed by atoms with Crippen LogP contribution in [0.25, 0.3) is 0 Å². The van der Waals surface area contributed by atoms with Crippen LogP contribution < -0.4 is 0 Å². The zero-order valence-electron chi connectivity index (χ0n) is 11.6. The lowest BCUT2D eigenvalue weighted by Gasteiger charge is -2.33. The number of aliphatic hydroxyl groups excluding tert-OH is 2. The molecule has 1 rings (SSSR count). The summed E-state index contributed by atoms with van der Waals surface area (Å²) in [6.07, 6.45) is 6.07. The molecule has 0 amide bonds. The molecule has 108 valence electrons. The largest absolute Gasteiger partial charge is 0.509 e. The molecule has 1 heterocycles. The van der Waals surface area contributed by atoms with Crippen LogP contribution in [-0.2, 0) is 4.79 Å². The Morgan fingerprint density at radius 2 is 2.05 bits per heavy atom. The Morgan fingerprint density at radius 3 is 2.58 bits per heavy atom. The molecule has 0 spiro atoms. The molecule has 0 aromatic heterocycles. The minimum absolute atomic E-state index is 0.167. The number of aliphatic carboxylic acids is 1. The van der Waals surface area contributed by atoms with Crippen molar-refractivity contribution in [2.45, 2.75) is 45.6 Å². The van der Waals surface area contributed by atoms with Crippen LogP contribution in [0, 0.1) is 0 Å². The van der Waals surface area contributed by atoms with Crippen molar-refractivity contribution >= 4 is 5.97 Å². The van der Waals surface area contributed by atoms with E-state index in [1.54, 1.807) is 13.1 Å². The molecule has 1 aliphatic heterocycles. The van der Waals surface area contributed by atoms with Crippen LogP contribution in [0.2, 0.25) is 0 Å². The summed E-state index contributed by atoms with van der Waals surface area (Å²) in [5, 5.41) is 28.3. The fourth-order valence-corrected chi connectivity index (χ4v) is 2.25. The van der Waals surface area contributed by atoms with Crippen molar-refractivity contribution < 1.29 is 20.1 Å². The summed E-state index contributed by atoms with van der Waals surface area (Å²) in [4.78, 5) is 13.0. The highest BCUT2D eigenvalue weighted by molar-refractivity contribution is 5.93. The maximum absolute atomic E-state index is 11.1. The van der Waals surface area contributed by atoms with Crippen molar-refractivity contribution in [2.75, 3.05) is 13.2 Å². The zero-order valence-corrected chi connectivity index (χ0v) is 11.6. The van der Waals surface area contributed by atoms with Gasteiger partial charge in [-0.2, -0.15) is 0 Å². The Balaban J connectivity index is 2.78. The first-order chi connectivity index (χ1) is 9.02. The van der Waals surface area contributed by atoms with E-state index in [0.717, 1.165) is 25.8 Å². The van der Waals surface area contributed by atoms with Crippen molar-refractivity contribution in [1.29, 1.82) is 0 Å². The SMILES string of the molecule is CCCCCCN1C=C(CO)C(C(=O)O)=C(O)C1C. The molecule has 1 unspecified atom stereocenters. The first-order valence-electron chi connectivity index (χ1n) is 6.77. The van der Waals surface area contributed by atoms with E-state index in [4.69, 9.17) is 5.11 Å². The lowest BCUT2D eigenvalue weighted by Crippen LogP contribution is -2.36. The number of hydrogen-bond donors (Lipinski definition) is 3. The number of aliphatic hydroxyl groups is 2. The molecular weight excluding hydrogens is 246 g/mol. The Bertz CT molecular complexity index is 387. The third-order valence-corrected chi connectivity index (χ3v) is 3.45. The van der Waals surface area contributed by atoms with E-state index in [1.807, 2.05) is 4.90 Å². The number of hydrogen-bond acceptors (Lipinski definition) is 4. The maximum atomic E-state index is 11.1. The van der Waals surface area contributed by atoms with Gasteiger partial charge in [0.2, 0.25) is 0 Å². The van der Waals surface area contributed by atoms with Gasteiger partial charge in [-0.15, -0.1) is 0 Å². The number of unbranched alkanes of at least 4 members (excludes halogenated alkanes) is 3. The third-order valence-electron chi connectivity index (χ3n) is 3.45.